The highest BCUT2D eigenvalue weighted by molar-refractivity contribution is 7.89. The number of likely N-dealkylation sites (tertiary alicyclic amines) is 1. The van der Waals surface area contributed by atoms with E-state index in [1.54, 1.807) is 12.1 Å². The summed E-state index contributed by atoms with van der Waals surface area (Å²) >= 11 is 0. The fraction of sp³-hybridized carbons (Fsp3) is 0.706. The van der Waals surface area contributed by atoms with Crippen LogP contribution in [0.4, 0.5) is 0 Å². The molecule has 128 valence electrons. The molecule has 2 fully saturated rings. The van der Waals surface area contributed by atoms with Crippen LogP contribution in [0.2, 0.25) is 0 Å². The summed E-state index contributed by atoms with van der Waals surface area (Å²) in [4.78, 5) is 14.8. The average Bonchev–Trinajstić information content (AvgIpc) is 2.91. The van der Waals surface area contributed by atoms with Crippen molar-refractivity contribution >= 4 is 15.7 Å². The van der Waals surface area contributed by atoms with Crippen LogP contribution in [0.25, 0.3) is 0 Å². The van der Waals surface area contributed by atoms with Gasteiger partial charge in [-0.15, -0.1) is 0 Å². The van der Waals surface area contributed by atoms with Crippen molar-refractivity contribution in [2.45, 2.75) is 50.8 Å². The van der Waals surface area contributed by atoms with Gasteiger partial charge in [0.25, 0.3) is 5.91 Å². The van der Waals surface area contributed by atoms with Crippen molar-refractivity contribution in [1.29, 1.82) is 0 Å². The molecule has 6 heteroatoms. The lowest BCUT2D eigenvalue weighted by molar-refractivity contribution is 0.0295. The van der Waals surface area contributed by atoms with E-state index < -0.39 is 9.84 Å². The van der Waals surface area contributed by atoms with Gasteiger partial charge in [-0.3, -0.25) is 4.79 Å². The van der Waals surface area contributed by atoms with E-state index in [0.717, 1.165) is 31.6 Å². The van der Waals surface area contributed by atoms with Crippen LogP contribution in [-0.2, 0) is 15.6 Å². The number of fused-ring (bicyclic) bond motifs is 1. The van der Waals surface area contributed by atoms with Crippen LogP contribution in [-0.4, -0.2) is 38.1 Å². The number of amides is 1. The van der Waals surface area contributed by atoms with E-state index in [1.807, 2.05) is 4.90 Å². The summed E-state index contributed by atoms with van der Waals surface area (Å²) in [6, 6.07) is 3.52. The number of rotatable bonds is 3. The van der Waals surface area contributed by atoms with Gasteiger partial charge in [-0.2, -0.15) is 0 Å². The predicted octanol–water partition coefficient (Wildman–Crippen LogP) is 2.87. The quantitative estimate of drug-likeness (QED) is 0.849. The number of sulfone groups is 1. The van der Waals surface area contributed by atoms with Gasteiger partial charge in [-0.05, 0) is 56.1 Å². The van der Waals surface area contributed by atoms with Crippen LogP contribution < -0.4 is 0 Å². The monoisotopic (exact) mass is 339 g/mol. The molecule has 0 radical (unpaired) electrons. The Labute approximate surface area is 138 Å². The molecule has 0 spiro atoms. The molecule has 2 aliphatic rings. The number of carbonyl (C=O) groups is 1. The zero-order valence-corrected chi connectivity index (χ0v) is 14.6. The smallest absolute Gasteiger partial charge is 0.289 e. The summed E-state index contributed by atoms with van der Waals surface area (Å²) < 4.78 is 28.2. The van der Waals surface area contributed by atoms with Gasteiger partial charge >= 0.3 is 0 Å². The van der Waals surface area contributed by atoms with Crippen LogP contribution >= 0.6 is 0 Å². The summed E-state index contributed by atoms with van der Waals surface area (Å²) in [6.45, 7) is 3.07. The summed E-state index contributed by atoms with van der Waals surface area (Å²) in [5.74, 6) is 1.70. The van der Waals surface area contributed by atoms with Crippen LogP contribution in [0.15, 0.2) is 16.5 Å². The average molecular weight is 339 g/mol. The number of piperidine rings is 1. The molecule has 1 saturated carbocycles. The largest absolute Gasteiger partial charge is 0.455 e. The van der Waals surface area contributed by atoms with Gasteiger partial charge in [0, 0.05) is 18.8 Å². The van der Waals surface area contributed by atoms with Crippen molar-refractivity contribution in [1.82, 2.24) is 4.90 Å². The molecule has 1 aromatic heterocycles. The first kappa shape index (κ1) is 16.6. The molecule has 1 aliphatic carbocycles. The fourth-order valence-electron chi connectivity index (χ4n) is 4.12. The van der Waals surface area contributed by atoms with Gasteiger partial charge in [0.2, 0.25) is 0 Å². The van der Waals surface area contributed by atoms with E-state index in [-0.39, 0.29) is 17.4 Å². The summed E-state index contributed by atoms with van der Waals surface area (Å²) in [5.41, 5.74) is 0. The van der Waals surface area contributed by atoms with Gasteiger partial charge in [0.1, 0.15) is 11.5 Å². The zero-order chi connectivity index (χ0) is 16.6. The Morgan fingerprint density at radius 1 is 1.30 bits per heavy atom. The molecule has 0 bridgehead atoms. The lowest BCUT2D eigenvalue weighted by Crippen LogP contribution is -2.50. The summed E-state index contributed by atoms with van der Waals surface area (Å²) in [6.07, 6.45) is 6.84. The minimum Gasteiger partial charge on any atom is -0.455 e. The predicted molar refractivity (Wildman–Crippen MR) is 87.8 cm³/mol. The number of furan rings is 1. The Bertz CT molecular complexity index is 679. The van der Waals surface area contributed by atoms with Gasteiger partial charge in [-0.25, -0.2) is 8.42 Å². The Morgan fingerprint density at radius 2 is 2.09 bits per heavy atom. The molecule has 23 heavy (non-hydrogen) atoms. The molecular weight excluding hydrogens is 314 g/mol. The Hall–Kier alpha value is -1.30. The zero-order valence-electron chi connectivity index (χ0n) is 13.8. The molecule has 1 saturated heterocycles. The third-order valence-corrected chi connectivity index (χ3v) is 5.93. The number of nitrogens with zero attached hydrogens (tertiary/aromatic N) is 1. The number of hydrogen-bond acceptors (Lipinski definition) is 4. The van der Waals surface area contributed by atoms with Crippen molar-refractivity contribution in [3.63, 3.8) is 0 Å². The maximum Gasteiger partial charge on any atom is 0.289 e. The minimum absolute atomic E-state index is 0.0889. The van der Waals surface area contributed by atoms with E-state index in [9.17, 15) is 13.2 Å². The number of carbonyl (C=O) groups excluding carboxylic acids is 1. The van der Waals surface area contributed by atoms with Gasteiger partial charge in [-0.1, -0.05) is 6.92 Å². The first-order chi connectivity index (χ1) is 10.8. The van der Waals surface area contributed by atoms with Gasteiger partial charge in [0.05, 0.1) is 0 Å². The van der Waals surface area contributed by atoms with E-state index in [4.69, 9.17) is 4.42 Å². The van der Waals surface area contributed by atoms with Crippen molar-refractivity contribution in [3.8, 4) is 0 Å². The fourth-order valence-corrected chi connectivity index (χ4v) is 4.79. The maximum atomic E-state index is 12.8. The van der Waals surface area contributed by atoms with Crippen LogP contribution in [0.1, 0.15) is 55.3 Å². The van der Waals surface area contributed by atoms with Crippen molar-refractivity contribution in [3.05, 3.63) is 23.7 Å². The second kappa shape index (κ2) is 6.30. The first-order valence-electron chi connectivity index (χ1n) is 8.41. The minimum atomic E-state index is -3.16. The third-order valence-electron chi connectivity index (χ3n) is 5.12. The first-order valence-corrected chi connectivity index (χ1v) is 10.5. The molecule has 5 nitrogen and oxygen atoms in total. The standard InChI is InChI=1S/C17H25NO4S/c1-12-5-7-15-13(10-12)4-3-9-18(15)17(19)16-8-6-14(22-16)11-23(2,20)21/h6,8,12-13,15H,3-5,7,9-11H2,1-2H3/t12-,13-,15-/m1/s1. The normalized spacial score (nSPS) is 28.4. The Kier molecular flexibility index (Phi) is 4.54. The van der Waals surface area contributed by atoms with Crippen molar-refractivity contribution in [2.75, 3.05) is 12.8 Å². The molecule has 0 aromatic carbocycles. The second-order valence-electron chi connectivity index (χ2n) is 7.22. The van der Waals surface area contributed by atoms with Crippen LogP contribution in [0, 0.1) is 11.8 Å². The van der Waals surface area contributed by atoms with Gasteiger partial charge < -0.3 is 9.32 Å². The molecular formula is C17H25NO4S. The summed E-state index contributed by atoms with van der Waals surface area (Å²) in [5, 5.41) is 0. The van der Waals surface area contributed by atoms with E-state index in [1.165, 1.54) is 19.3 Å². The Balaban J connectivity index is 1.74. The van der Waals surface area contributed by atoms with Crippen LogP contribution in [0.5, 0.6) is 0 Å². The third kappa shape index (κ3) is 3.79. The van der Waals surface area contributed by atoms with Crippen molar-refractivity contribution < 1.29 is 17.6 Å². The molecule has 1 aromatic rings. The molecule has 3 rings (SSSR count). The molecule has 1 amide bonds. The van der Waals surface area contributed by atoms with Crippen molar-refractivity contribution in [2.24, 2.45) is 11.8 Å². The number of hydrogen-bond donors (Lipinski definition) is 0. The van der Waals surface area contributed by atoms with E-state index in [2.05, 4.69) is 6.92 Å². The van der Waals surface area contributed by atoms with E-state index in [0.29, 0.717) is 17.7 Å². The van der Waals surface area contributed by atoms with Gasteiger partial charge in [0.15, 0.2) is 15.6 Å². The maximum absolute atomic E-state index is 12.8. The molecule has 3 atom stereocenters. The lowest BCUT2D eigenvalue weighted by atomic mass is 9.74. The molecule has 1 aliphatic heterocycles. The molecule has 0 N–H and O–H groups in total. The molecule has 0 unspecified atom stereocenters. The summed E-state index contributed by atoms with van der Waals surface area (Å²) in [7, 11) is -3.16. The highest BCUT2D eigenvalue weighted by atomic mass is 32.2. The lowest BCUT2D eigenvalue weighted by Gasteiger charge is -2.45. The Morgan fingerprint density at radius 3 is 2.83 bits per heavy atom. The highest BCUT2D eigenvalue weighted by Gasteiger charge is 2.38. The second-order valence-corrected chi connectivity index (χ2v) is 9.36. The SMILES string of the molecule is C[C@@H]1CC[C@@H]2[C@H](CCCN2C(=O)c2ccc(CS(C)(=O)=O)o2)C1. The van der Waals surface area contributed by atoms with Crippen LogP contribution in [0.3, 0.4) is 0 Å². The van der Waals surface area contributed by atoms with E-state index >= 15 is 0 Å². The molecule has 2 heterocycles. The topological polar surface area (TPSA) is 67.6 Å². The highest BCUT2D eigenvalue weighted by Crippen LogP contribution is 2.38.